The molecule has 0 amide bonds. The molecule has 0 aromatic heterocycles. The zero-order valence-corrected chi connectivity index (χ0v) is 12.1. The SMILES string of the molecule is NC1C=C(C(F)(F)F)C=CC1(N)Cc1ccc(Br)cc1. The fourth-order valence-electron chi connectivity index (χ4n) is 2.08. The van der Waals surface area contributed by atoms with Gasteiger partial charge in [-0.15, -0.1) is 0 Å². The highest BCUT2D eigenvalue weighted by atomic mass is 79.9. The number of hydrogen-bond acceptors (Lipinski definition) is 2. The molecule has 2 nitrogen and oxygen atoms in total. The average Bonchev–Trinajstić information content (AvgIpc) is 2.34. The van der Waals surface area contributed by atoms with E-state index in [1.807, 2.05) is 24.3 Å². The van der Waals surface area contributed by atoms with E-state index in [4.69, 9.17) is 11.5 Å². The lowest BCUT2D eigenvalue weighted by molar-refractivity contribution is -0.0889. The number of nitrogens with two attached hydrogens (primary N) is 2. The molecule has 2 atom stereocenters. The Morgan fingerprint density at radius 2 is 1.80 bits per heavy atom. The fourth-order valence-corrected chi connectivity index (χ4v) is 2.35. The Bertz CT molecular complexity index is 549. The maximum absolute atomic E-state index is 12.6. The van der Waals surface area contributed by atoms with Crippen LogP contribution in [0.5, 0.6) is 0 Å². The Kier molecular flexibility index (Phi) is 4.09. The molecule has 0 saturated carbocycles. The Balaban J connectivity index is 2.19. The van der Waals surface area contributed by atoms with Crippen molar-refractivity contribution < 1.29 is 13.2 Å². The molecule has 1 aromatic carbocycles. The van der Waals surface area contributed by atoms with E-state index in [9.17, 15) is 13.2 Å². The predicted octanol–water partition coefficient (Wildman–Crippen LogP) is 3.07. The topological polar surface area (TPSA) is 52.0 Å². The smallest absolute Gasteiger partial charge is 0.323 e. The monoisotopic (exact) mass is 346 g/mol. The van der Waals surface area contributed by atoms with E-state index in [-0.39, 0.29) is 0 Å². The first-order valence-electron chi connectivity index (χ1n) is 5.98. The van der Waals surface area contributed by atoms with Gasteiger partial charge in [-0.1, -0.05) is 46.3 Å². The summed E-state index contributed by atoms with van der Waals surface area (Å²) in [4.78, 5) is 0. The van der Waals surface area contributed by atoms with E-state index in [2.05, 4.69) is 15.9 Å². The second-order valence-corrected chi connectivity index (χ2v) is 5.81. The van der Waals surface area contributed by atoms with Crippen molar-refractivity contribution in [2.75, 3.05) is 0 Å². The molecule has 108 valence electrons. The van der Waals surface area contributed by atoms with Gasteiger partial charge in [0.25, 0.3) is 0 Å². The third-order valence-corrected chi connectivity index (χ3v) is 3.83. The lowest BCUT2D eigenvalue weighted by Gasteiger charge is -2.34. The van der Waals surface area contributed by atoms with Crippen molar-refractivity contribution in [3.8, 4) is 0 Å². The molecule has 1 aromatic rings. The van der Waals surface area contributed by atoms with Gasteiger partial charge in [0.1, 0.15) is 0 Å². The molecule has 0 fully saturated rings. The van der Waals surface area contributed by atoms with Gasteiger partial charge in [-0.2, -0.15) is 13.2 Å². The van der Waals surface area contributed by atoms with E-state index < -0.39 is 23.3 Å². The van der Waals surface area contributed by atoms with Gasteiger partial charge >= 0.3 is 6.18 Å². The molecule has 1 aliphatic carbocycles. The number of allylic oxidation sites excluding steroid dienone is 2. The number of alkyl halides is 3. The molecule has 2 rings (SSSR count). The third-order valence-electron chi connectivity index (χ3n) is 3.30. The number of halogens is 4. The average molecular weight is 347 g/mol. The molecule has 2 unspecified atom stereocenters. The molecular formula is C14H14BrF3N2. The van der Waals surface area contributed by atoms with Crippen molar-refractivity contribution in [3.05, 3.63) is 58.1 Å². The van der Waals surface area contributed by atoms with Crippen LogP contribution in [0.1, 0.15) is 5.56 Å². The van der Waals surface area contributed by atoms with Crippen LogP contribution < -0.4 is 11.5 Å². The lowest BCUT2D eigenvalue weighted by atomic mass is 9.80. The number of hydrogen-bond donors (Lipinski definition) is 2. The highest BCUT2D eigenvalue weighted by Gasteiger charge is 2.39. The maximum Gasteiger partial charge on any atom is 0.416 e. The van der Waals surface area contributed by atoms with Crippen LogP contribution in [0.2, 0.25) is 0 Å². The zero-order valence-electron chi connectivity index (χ0n) is 10.5. The Hall–Kier alpha value is -1.11. The highest BCUT2D eigenvalue weighted by molar-refractivity contribution is 9.10. The van der Waals surface area contributed by atoms with Gasteiger partial charge in [0.2, 0.25) is 0 Å². The van der Waals surface area contributed by atoms with Crippen LogP contribution in [0.4, 0.5) is 13.2 Å². The molecule has 4 N–H and O–H groups in total. The number of benzene rings is 1. The Labute approximate surface area is 123 Å². The number of rotatable bonds is 2. The first-order valence-corrected chi connectivity index (χ1v) is 6.77. The predicted molar refractivity (Wildman–Crippen MR) is 76.0 cm³/mol. The van der Waals surface area contributed by atoms with Crippen LogP contribution in [-0.4, -0.2) is 17.8 Å². The first kappa shape index (κ1) is 15.3. The first-order chi connectivity index (χ1) is 9.21. The van der Waals surface area contributed by atoms with E-state index in [0.717, 1.165) is 22.2 Å². The summed E-state index contributed by atoms with van der Waals surface area (Å²) in [5.41, 5.74) is 11.1. The second-order valence-electron chi connectivity index (χ2n) is 4.89. The standard InChI is InChI=1S/C14H14BrF3N2/c15-11-3-1-9(2-4-11)8-13(20)6-5-10(7-12(13)19)14(16,17)18/h1-7,12H,8,19-20H2. The minimum Gasteiger partial charge on any atom is -0.323 e. The van der Waals surface area contributed by atoms with Crippen LogP contribution >= 0.6 is 15.9 Å². The van der Waals surface area contributed by atoms with Crippen LogP contribution in [-0.2, 0) is 6.42 Å². The van der Waals surface area contributed by atoms with Crippen molar-refractivity contribution in [2.45, 2.75) is 24.2 Å². The van der Waals surface area contributed by atoms with Crippen molar-refractivity contribution >= 4 is 15.9 Å². The fraction of sp³-hybridized carbons (Fsp3) is 0.286. The van der Waals surface area contributed by atoms with E-state index in [0.29, 0.717) is 6.42 Å². The van der Waals surface area contributed by atoms with Crippen molar-refractivity contribution in [1.29, 1.82) is 0 Å². The normalized spacial score (nSPS) is 26.5. The van der Waals surface area contributed by atoms with Crippen LogP contribution in [0, 0.1) is 0 Å². The Morgan fingerprint density at radius 3 is 2.30 bits per heavy atom. The van der Waals surface area contributed by atoms with E-state index >= 15 is 0 Å². The molecule has 6 heteroatoms. The van der Waals surface area contributed by atoms with Gasteiger partial charge in [-0.3, -0.25) is 0 Å². The van der Waals surface area contributed by atoms with E-state index in [1.54, 1.807) is 0 Å². The Morgan fingerprint density at radius 1 is 1.20 bits per heavy atom. The molecule has 0 aliphatic heterocycles. The largest absolute Gasteiger partial charge is 0.416 e. The van der Waals surface area contributed by atoms with Crippen molar-refractivity contribution in [1.82, 2.24) is 0 Å². The quantitative estimate of drug-likeness (QED) is 0.864. The second kappa shape index (κ2) is 5.35. The summed E-state index contributed by atoms with van der Waals surface area (Å²) < 4.78 is 38.8. The maximum atomic E-state index is 12.6. The molecule has 1 aliphatic rings. The van der Waals surface area contributed by atoms with Gasteiger partial charge in [0.15, 0.2) is 0 Å². The van der Waals surface area contributed by atoms with Crippen LogP contribution in [0.15, 0.2) is 52.5 Å². The summed E-state index contributed by atoms with van der Waals surface area (Å²) in [5.74, 6) is 0. The molecule has 0 spiro atoms. The van der Waals surface area contributed by atoms with Crippen LogP contribution in [0.3, 0.4) is 0 Å². The summed E-state index contributed by atoms with van der Waals surface area (Å²) >= 11 is 3.32. The summed E-state index contributed by atoms with van der Waals surface area (Å²) in [6.45, 7) is 0. The molecule has 0 heterocycles. The van der Waals surface area contributed by atoms with Crippen molar-refractivity contribution in [2.24, 2.45) is 11.5 Å². The van der Waals surface area contributed by atoms with Crippen molar-refractivity contribution in [3.63, 3.8) is 0 Å². The molecule has 0 bridgehead atoms. The van der Waals surface area contributed by atoms with Gasteiger partial charge in [-0.25, -0.2) is 0 Å². The molecule has 20 heavy (non-hydrogen) atoms. The summed E-state index contributed by atoms with van der Waals surface area (Å²) in [7, 11) is 0. The summed E-state index contributed by atoms with van der Waals surface area (Å²) in [6.07, 6.45) is -0.684. The van der Waals surface area contributed by atoms with Crippen LogP contribution in [0.25, 0.3) is 0 Å². The summed E-state index contributed by atoms with van der Waals surface area (Å²) in [5, 5.41) is 0. The zero-order chi connectivity index (χ0) is 15.0. The third kappa shape index (κ3) is 3.31. The van der Waals surface area contributed by atoms with Gasteiger partial charge in [0, 0.05) is 10.5 Å². The molecule has 0 radical (unpaired) electrons. The molecular weight excluding hydrogens is 333 g/mol. The van der Waals surface area contributed by atoms with Gasteiger partial charge < -0.3 is 11.5 Å². The van der Waals surface area contributed by atoms with E-state index in [1.165, 1.54) is 6.08 Å². The van der Waals surface area contributed by atoms with Gasteiger partial charge in [-0.05, 0) is 24.1 Å². The minimum absolute atomic E-state index is 0.375. The van der Waals surface area contributed by atoms with Gasteiger partial charge in [0.05, 0.1) is 11.1 Å². The molecule has 0 saturated heterocycles. The lowest BCUT2D eigenvalue weighted by Crippen LogP contribution is -2.56. The summed E-state index contributed by atoms with van der Waals surface area (Å²) in [6, 6.07) is 6.55. The minimum atomic E-state index is -4.40. The highest BCUT2D eigenvalue weighted by Crippen LogP contribution is 2.32.